The summed E-state index contributed by atoms with van der Waals surface area (Å²) in [6.07, 6.45) is 8.38. The predicted molar refractivity (Wildman–Crippen MR) is 119 cm³/mol. The summed E-state index contributed by atoms with van der Waals surface area (Å²) in [4.78, 5) is 25.6. The molecule has 4 heteroatoms. The number of carbonyl (C=O) groups is 2. The van der Waals surface area contributed by atoms with Crippen molar-refractivity contribution >= 4 is 11.6 Å². The highest BCUT2D eigenvalue weighted by Gasteiger charge is 2.62. The van der Waals surface area contributed by atoms with E-state index in [1.54, 1.807) is 0 Å². The fourth-order valence-electron chi connectivity index (χ4n) is 9.54. The van der Waals surface area contributed by atoms with E-state index in [1.807, 2.05) is 0 Å². The Hall–Kier alpha value is -0.740. The van der Waals surface area contributed by atoms with Gasteiger partial charge >= 0.3 is 0 Å². The van der Waals surface area contributed by atoms with Crippen LogP contribution < -0.4 is 0 Å². The van der Waals surface area contributed by atoms with E-state index in [2.05, 4.69) is 27.7 Å². The fraction of sp³-hybridized carbons (Fsp3) is 0.926. The first-order valence-electron chi connectivity index (χ1n) is 13.0. The Morgan fingerprint density at radius 3 is 2.42 bits per heavy atom. The van der Waals surface area contributed by atoms with Crippen LogP contribution in [-0.4, -0.2) is 35.5 Å². The van der Waals surface area contributed by atoms with Gasteiger partial charge in [0.15, 0.2) is 11.6 Å². The Kier molecular flexibility index (Phi) is 5.45. The molecule has 5 fully saturated rings. The van der Waals surface area contributed by atoms with Crippen molar-refractivity contribution in [3.63, 3.8) is 0 Å². The van der Waals surface area contributed by atoms with Gasteiger partial charge in [-0.2, -0.15) is 0 Å². The Labute approximate surface area is 187 Å². The molecule has 0 spiro atoms. The molecule has 1 heterocycles. The zero-order valence-corrected chi connectivity index (χ0v) is 19.9. The lowest BCUT2D eigenvalue weighted by atomic mass is 9.44. The summed E-state index contributed by atoms with van der Waals surface area (Å²) in [6.45, 7) is 9.99. The third-order valence-corrected chi connectivity index (χ3v) is 11.1. The van der Waals surface area contributed by atoms with Crippen LogP contribution in [0.15, 0.2) is 0 Å². The molecule has 4 saturated carbocycles. The molecule has 174 valence electrons. The molecular weight excluding hydrogens is 388 g/mol. The number of hydrogen-bond donors (Lipinski definition) is 1. The second-order valence-electron chi connectivity index (χ2n) is 12.6. The topological polar surface area (TPSA) is 63.6 Å². The van der Waals surface area contributed by atoms with Crippen molar-refractivity contribution in [2.24, 2.45) is 52.3 Å². The lowest BCUT2D eigenvalue weighted by Gasteiger charge is -2.60. The van der Waals surface area contributed by atoms with E-state index >= 15 is 0 Å². The summed E-state index contributed by atoms with van der Waals surface area (Å²) in [7, 11) is 0. The maximum absolute atomic E-state index is 12.8. The van der Waals surface area contributed by atoms with Crippen molar-refractivity contribution < 1.29 is 19.4 Å². The molecule has 5 rings (SSSR count). The molecule has 31 heavy (non-hydrogen) atoms. The van der Waals surface area contributed by atoms with Crippen molar-refractivity contribution in [1.82, 2.24) is 0 Å². The number of aliphatic hydroxyl groups excluding tert-OH is 1. The van der Waals surface area contributed by atoms with E-state index in [4.69, 9.17) is 4.74 Å². The highest BCUT2D eigenvalue weighted by Crippen LogP contribution is 2.68. The molecule has 11 atom stereocenters. The first-order valence-corrected chi connectivity index (χ1v) is 13.0. The number of aliphatic hydroxyl groups is 1. The van der Waals surface area contributed by atoms with Gasteiger partial charge in [-0.15, -0.1) is 0 Å². The number of carbonyl (C=O) groups excluding carboxylic acids is 2. The van der Waals surface area contributed by atoms with E-state index in [0.717, 1.165) is 25.9 Å². The van der Waals surface area contributed by atoms with Gasteiger partial charge in [0.1, 0.15) is 12.2 Å². The zero-order valence-electron chi connectivity index (χ0n) is 19.9. The minimum Gasteiger partial charge on any atom is -0.385 e. The van der Waals surface area contributed by atoms with Crippen LogP contribution in [0.25, 0.3) is 0 Å². The number of fused-ring (bicyclic) bond motifs is 5. The average molecular weight is 431 g/mol. The summed E-state index contributed by atoms with van der Waals surface area (Å²) < 4.78 is 6.11. The van der Waals surface area contributed by atoms with Gasteiger partial charge in [0.25, 0.3) is 0 Å². The Morgan fingerprint density at radius 2 is 1.68 bits per heavy atom. The summed E-state index contributed by atoms with van der Waals surface area (Å²) in [5.74, 6) is 3.73. The van der Waals surface area contributed by atoms with Crippen LogP contribution in [-0.2, 0) is 14.3 Å². The second-order valence-corrected chi connectivity index (χ2v) is 12.6. The molecule has 0 amide bonds. The summed E-state index contributed by atoms with van der Waals surface area (Å²) in [5, 5.41) is 10.2. The van der Waals surface area contributed by atoms with Crippen molar-refractivity contribution in [3.05, 3.63) is 0 Å². The van der Waals surface area contributed by atoms with Crippen LogP contribution in [0.4, 0.5) is 0 Å². The van der Waals surface area contributed by atoms with Gasteiger partial charge in [0.05, 0.1) is 6.61 Å². The molecule has 0 aromatic carbocycles. The van der Waals surface area contributed by atoms with Crippen LogP contribution >= 0.6 is 0 Å². The highest BCUT2D eigenvalue weighted by molar-refractivity contribution is 5.87. The normalized spacial score (nSPS) is 53.5. The van der Waals surface area contributed by atoms with E-state index in [0.29, 0.717) is 54.1 Å². The monoisotopic (exact) mass is 430 g/mol. The zero-order chi connectivity index (χ0) is 22.1. The van der Waals surface area contributed by atoms with Crippen LogP contribution in [0, 0.1) is 52.3 Å². The molecular formula is C27H42O4. The molecule has 0 aromatic rings. The van der Waals surface area contributed by atoms with Gasteiger partial charge in [-0.05, 0) is 97.7 Å². The van der Waals surface area contributed by atoms with Crippen molar-refractivity contribution in [1.29, 1.82) is 0 Å². The van der Waals surface area contributed by atoms with E-state index < -0.39 is 6.10 Å². The lowest BCUT2D eigenvalue weighted by Crippen LogP contribution is -2.57. The molecule has 1 N–H and O–H groups in total. The van der Waals surface area contributed by atoms with Gasteiger partial charge in [-0.1, -0.05) is 27.7 Å². The predicted octanol–water partition coefficient (Wildman–Crippen LogP) is 4.82. The molecule has 0 radical (unpaired) electrons. The van der Waals surface area contributed by atoms with Crippen LogP contribution in [0.5, 0.6) is 0 Å². The Bertz CT molecular complexity index is 748. The van der Waals surface area contributed by atoms with Crippen LogP contribution in [0.2, 0.25) is 0 Å². The number of hydrogen-bond acceptors (Lipinski definition) is 4. The van der Waals surface area contributed by atoms with Gasteiger partial charge in [0, 0.05) is 12.3 Å². The quantitative estimate of drug-likeness (QED) is 0.682. The molecule has 5 aliphatic rings. The maximum atomic E-state index is 12.8. The lowest BCUT2D eigenvalue weighted by molar-refractivity contribution is -0.162. The van der Waals surface area contributed by atoms with Crippen LogP contribution in [0.3, 0.4) is 0 Å². The molecule has 1 saturated heterocycles. The summed E-state index contributed by atoms with van der Waals surface area (Å²) in [5.41, 5.74) is 0.359. The molecule has 4 aliphatic carbocycles. The molecule has 0 bridgehead atoms. The van der Waals surface area contributed by atoms with Gasteiger partial charge < -0.3 is 9.84 Å². The van der Waals surface area contributed by atoms with E-state index in [-0.39, 0.29) is 28.6 Å². The number of rotatable bonds is 2. The summed E-state index contributed by atoms with van der Waals surface area (Å²) in [6, 6.07) is 0. The summed E-state index contributed by atoms with van der Waals surface area (Å²) >= 11 is 0. The fourth-order valence-corrected chi connectivity index (χ4v) is 9.54. The molecule has 1 aliphatic heterocycles. The van der Waals surface area contributed by atoms with Crippen molar-refractivity contribution in [2.75, 3.05) is 6.61 Å². The number of ketones is 2. The average Bonchev–Trinajstić information content (AvgIpc) is 3.08. The third kappa shape index (κ3) is 3.21. The second kappa shape index (κ2) is 7.65. The highest BCUT2D eigenvalue weighted by atomic mass is 16.5. The first-order chi connectivity index (χ1) is 14.7. The Morgan fingerprint density at radius 1 is 0.968 bits per heavy atom. The van der Waals surface area contributed by atoms with Crippen molar-refractivity contribution in [2.45, 2.75) is 97.7 Å². The van der Waals surface area contributed by atoms with E-state index in [9.17, 15) is 14.7 Å². The Balaban J connectivity index is 1.36. The minimum atomic E-state index is -0.726. The van der Waals surface area contributed by atoms with Crippen LogP contribution in [0.1, 0.15) is 85.5 Å². The third-order valence-electron chi connectivity index (χ3n) is 11.1. The molecule has 0 aromatic heterocycles. The largest absolute Gasteiger partial charge is 0.385 e. The van der Waals surface area contributed by atoms with Gasteiger partial charge in [-0.25, -0.2) is 0 Å². The SMILES string of the molecule is CC1COC(C(C)C2CCC3C4CCC5C(=O)C(O)CCC5(C)C4CCC23C)C(=O)C1. The molecule has 4 nitrogen and oxygen atoms in total. The smallest absolute Gasteiger partial charge is 0.164 e. The first kappa shape index (κ1) is 22.1. The standard InChI is InChI=1S/C27H42O4/c1-15-13-23(29)25(31-14-15)16(2)18-7-8-19-17-5-6-21-24(30)22(28)10-12-27(21,4)20(17)9-11-26(18,19)3/h15-22,25,28H,5-14H2,1-4H3. The number of Topliss-reactive ketones (excluding diaryl/α,β-unsaturated/α-hetero) is 2. The molecule has 11 unspecified atom stereocenters. The number of ether oxygens (including phenoxy) is 1. The van der Waals surface area contributed by atoms with Crippen molar-refractivity contribution in [3.8, 4) is 0 Å². The van der Waals surface area contributed by atoms with E-state index in [1.165, 1.54) is 25.7 Å². The van der Waals surface area contributed by atoms with Gasteiger partial charge in [-0.3, -0.25) is 9.59 Å². The maximum Gasteiger partial charge on any atom is 0.164 e. The minimum absolute atomic E-state index is 0.0632. The van der Waals surface area contributed by atoms with Gasteiger partial charge in [0.2, 0.25) is 0 Å².